The minimum atomic E-state index is -0.680. The lowest BCUT2D eigenvalue weighted by atomic mass is 9.89. The van der Waals surface area contributed by atoms with Gasteiger partial charge in [-0.05, 0) is 23.8 Å². The van der Waals surface area contributed by atoms with Crippen molar-refractivity contribution in [2.24, 2.45) is 5.73 Å². The van der Waals surface area contributed by atoms with Gasteiger partial charge in [-0.15, -0.1) is 0 Å². The molecule has 0 spiro atoms. The molecule has 2 aromatic rings. The van der Waals surface area contributed by atoms with Crippen molar-refractivity contribution < 1.29 is 14.3 Å². The van der Waals surface area contributed by atoms with E-state index in [9.17, 15) is 5.11 Å². The molecule has 0 amide bonds. The normalized spacial score (nSPS) is 14.0. The molecule has 0 fully saturated rings. The Labute approximate surface area is 119 Å². The number of nitrogens with two attached hydrogens (primary N) is 1. The predicted molar refractivity (Wildman–Crippen MR) is 77.8 cm³/mol. The molecule has 0 aliphatic rings. The van der Waals surface area contributed by atoms with Crippen molar-refractivity contribution in [3.8, 4) is 5.75 Å². The van der Waals surface area contributed by atoms with Crippen LogP contribution in [0.5, 0.6) is 5.75 Å². The summed E-state index contributed by atoms with van der Waals surface area (Å²) >= 11 is 0. The zero-order valence-corrected chi connectivity index (χ0v) is 11.9. The Morgan fingerprint density at radius 2 is 2.15 bits per heavy atom. The second kappa shape index (κ2) is 6.59. The molecule has 0 bridgehead atoms. The van der Waals surface area contributed by atoms with Crippen molar-refractivity contribution in [1.82, 2.24) is 0 Å². The van der Waals surface area contributed by atoms with Crippen LogP contribution in [0.2, 0.25) is 0 Å². The maximum atomic E-state index is 10.6. The lowest BCUT2D eigenvalue weighted by Gasteiger charge is -2.22. The molecule has 1 aromatic carbocycles. The molecule has 4 nitrogen and oxygen atoms in total. The summed E-state index contributed by atoms with van der Waals surface area (Å²) in [6.07, 6.45) is 1.67. The topological polar surface area (TPSA) is 68.6 Å². The van der Waals surface area contributed by atoms with Gasteiger partial charge in [-0.25, -0.2) is 0 Å². The van der Waals surface area contributed by atoms with Gasteiger partial charge in [0.05, 0.1) is 19.5 Å². The Balaban J connectivity index is 2.31. The van der Waals surface area contributed by atoms with Crippen LogP contribution in [-0.2, 0) is 6.42 Å². The second-order valence-electron chi connectivity index (χ2n) is 4.72. The van der Waals surface area contributed by atoms with E-state index >= 15 is 0 Å². The van der Waals surface area contributed by atoms with E-state index in [0.717, 1.165) is 29.1 Å². The second-order valence-corrected chi connectivity index (χ2v) is 4.72. The maximum Gasteiger partial charge on any atom is 0.119 e. The van der Waals surface area contributed by atoms with Crippen molar-refractivity contribution in [2.75, 3.05) is 13.7 Å². The van der Waals surface area contributed by atoms with E-state index in [1.54, 1.807) is 13.4 Å². The minimum absolute atomic E-state index is 0.187. The van der Waals surface area contributed by atoms with Crippen LogP contribution >= 0.6 is 0 Å². The van der Waals surface area contributed by atoms with E-state index in [0.29, 0.717) is 6.54 Å². The Hall–Kier alpha value is -1.78. The van der Waals surface area contributed by atoms with Gasteiger partial charge in [-0.3, -0.25) is 0 Å². The minimum Gasteiger partial charge on any atom is -0.497 e. The fourth-order valence-corrected chi connectivity index (χ4v) is 2.44. The van der Waals surface area contributed by atoms with Crippen LogP contribution in [0.4, 0.5) is 0 Å². The van der Waals surface area contributed by atoms with Gasteiger partial charge >= 0.3 is 0 Å². The Kier molecular flexibility index (Phi) is 4.82. The van der Waals surface area contributed by atoms with Crippen LogP contribution < -0.4 is 10.5 Å². The molecule has 3 N–H and O–H groups in total. The van der Waals surface area contributed by atoms with E-state index in [1.165, 1.54) is 0 Å². The standard InChI is InChI=1S/C16H21NO3/c1-3-15-13(7-8-20-15)16(18)14(10-17)11-5-4-6-12(9-11)19-2/h4-9,14,16,18H,3,10,17H2,1-2H3. The SMILES string of the molecule is CCc1occc1C(O)C(CN)c1cccc(OC)c1. The van der Waals surface area contributed by atoms with Crippen molar-refractivity contribution >= 4 is 0 Å². The summed E-state index contributed by atoms with van der Waals surface area (Å²) in [5.74, 6) is 1.38. The molecule has 0 radical (unpaired) electrons. The summed E-state index contributed by atoms with van der Waals surface area (Å²) in [5.41, 5.74) is 7.64. The average molecular weight is 275 g/mol. The van der Waals surface area contributed by atoms with Crippen molar-refractivity contribution in [3.05, 3.63) is 53.5 Å². The molecule has 4 heteroatoms. The van der Waals surface area contributed by atoms with Crippen LogP contribution in [0.15, 0.2) is 41.0 Å². The number of furan rings is 1. The van der Waals surface area contributed by atoms with Gasteiger partial charge in [-0.2, -0.15) is 0 Å². The average Bonchev–Trinajstić information content (AvgIpc) is 2.96. The van der Waals surface area contributed by atoms with Crippen LogP contribution in [0.3, 0.4) is 0 Å². The molecule has 0 saturated carbocycles. The van der Waals surface area contributed by atoms with Gasteiger partial charge in [0, 0.05) is 24.4 Å². The Morgan fingerprint density at radius 1 is 1.35 bits per heavy atom. The number of methoxy groups -OCH3 is 1. The molecule has 0 saturated heterocycles. The third-order valence-electron chi connectivity index (χ3n) is 3.58. The van der Waals surface area contributed by atoms with Crippen LogP contribution in [0.25, 0.3) is 0 Å². The molecule has 2 atom stereocenters. The summed E-state index contributed by atoms with van der Waals surface area (Å²) in [6.45, 7) is 2.35. The first kappa shape index (κ1) is 14.6. The van der Waals surface area contributed by atoms with E-state index in [-0.39, 0.29) is 5.92 Å². The number of hydrogen-bond donors (Lipinski definition) is 2. The van der Waals surface area contributed by atoms with E-state index in [1.807, 2.05) is 37.3 Å². The zero-order chi connectivity index (χ0) is 14.5. The lowest BCUT2D eigenvalue weighted by molar-refractivity contribution is 0.145. The molecule has 0 aliphatic carbocycles. The summed E-state index contributed by atoms with van der Waals surface area (Å²) in [5, 5.41) is 10.6. The Bertz CT molecular complexity index is 550. The van der Waals surface area contributed by atoms with Crippen LogP contribution in [0.1, 0.15) is 35.8 Å². The number of ether oxygens (including phenoxy) is 1. The highest BCUT2D eigenvalue weighted by molar-refractivity contribution is 5.34. The van der Waals surface area contributed by atoms with Gasteiger partial charge in [0.2, 0.25) is 0 Å². The largest absolute Gasteiger partial charge is 0.497 e. The Morgan fingerprint density at radius 3 is 2.80 bits per heavy atom. The molecule has 2 rings (SSSR count). The molecule has 2 unspecified atom stereocenters. The van der Waals surface area contributed by atoms with Crippen molar-refractivity contribution in [1.29, 1.82) is 0 Å². The number of aliphatic hydroxyl groups excluding tert-OH is 1. The van der Waals surface area contributed by atoms with Crippen LogP contribution in [0, 0.1) is 0 Å². The number of hydrogen-bond acceptors (Lipinski definition) is 4. The molecular weight excluding hydrogens is 254 g/mol. The van der Waals surface area contributed by atoms with Gasteiger partial charge in [-0.1, -0.05) is 19.1 Å². The molecule has 1 heterocycles. The summed E-state index contributed by atoms with van der Waals surface area (Å²) in [4.78, 5) is 0. The first-order valence-electron chi connectivity index (χ1n) is 6.79. The molecule has 0 aliphatic heterocycles. The third-order valence-corrected chi connectivity index (χ3v) is 3.58. The van der Waals surface area contributed by atoms with Gasteiger partial charge in [0.15, 0.2) is 0 Å². The van der Waals surface area contributed by atoms with Gasteiger partial charge in [0.1, 0.15) is 11.5 Å². The number of aliphatic hydroxyl groups is 1. The molecule has 20 heavy (non-hydrogen) atoms. The zero-order valence-electron chi connectivity index (χ0n) is 11.9. The van der Waals surface area contributed by atoms with Gasteiger partial charge < -0.3 is 20.0 Å². The van der Waals surface area contributed by atoms with Crippen molar-refractivity contribution in [3.63, 3.8) is 0 Å². The number of benzene rings is 1. The quantitative estimate of drug-likeness (QED) is 0.850. The monoisotopic (exact) mass is 275 g/mol. The first-order valence-corrected chi connectivity index (χ1v) is 6.79. The number of aryl methyl sites for hydroxylation is 1. The van der Waals surface area contributed by atoms with E-state index in [4.69, 9.17) is 14.9 Å². The van der Waals surface area contributed by atoms with Gasteiger partial charge in [0.25, 0.3) is 0 Å². The number of rotatable bonds is 6. The summed E-state index contributed by atoms with van der Waals surface area (Å²) < 4.78 is 10.6. The summed E-state index contributed by atoms with van der Waals surface area (Å²) in [7, 11) is 1.62. The highest BCUT2D eigenvalue weighted by Crippen LogP contribution is 2.34. The fourth-order valence-electron chi connectivity index (χ4n) is 2.44. The fraction of sp³-hybridized carbons (Fsp3) is 0.375. The lowest BCUT2D eigenvalue weighted by Crippen LogP contribution is -2.20. The summed E-state index contributed by atoms with van der Waals surface area (Å²) in [6, 6.07) is 9.45. The third kappa shape index (κ3) is 2.86. The maximum absolute atomic E-state index is 10.6. The highest BCUT2D eigenvalue weighted by atomic mass is 16.5. The molecule has 1 aromatic heterocycles. The van der Waals surface area contributed by atoms with E-state index in [2.05, 4.69) is 0 Å². The highest BCUT2D eigenvalue weighted by Gasteiger charge is 2.25. The molecule has 108 valence electrons. The van der Waals surface area contributed by atoms with Crippen molar-refractivity contribution in [2.45, 2.75) is 25.4 Å². The molecular formula is C16H21NO3. The predicted octanol–water partition coefficient (Wildman–Crippen LogP) is 2.63. The van der Waals surface area contributed by atoms with E-state index < -0.39 is 6.10 Å². The van der Waals surface area contributed by atoms with Crippen LogP contribution in [-0.4, -0.2) is 18.8 Å². The smallest absolute Gasteiger partial charge is 0.119 e. The first-order chi connectivity index (χ1) is 9.71.